The van der Waals surface area contributed by atoms with Crippen LogP contribution >= 0.6 is 0 Å². The lowest BCUT2D eigenvalue weighted by Gasteiger charge is -2.13. The monoisotopic (exact) mass is 394 g/mol. The number of ether oxygens (including phenoxy) is 3. The van der Waals surface area contributed by atoms with Gasteiger partial charge in [-0.05, 0) is 36.4 Å². The summed E-state index contributed by atoms with van der Waals surface area (Å²) in [6, 6.07) is 10.4. The summed E-state index contributed by atoms with van der Waals surface area (Å²) in [5.74, 6) is 0.562. The lowest BCUT2D eigenvalue weighted by atomic mass is 10.2. The van der Waals surface area contributed by atoms with E-state index in [2.05, 4.69) is 10.0 Å². The summed E-state index contributed by atoms with van der Waals surface area (Å²) in [7, 11) is 0.627. The normalized spacial score (nSPS) is 10.9. The first-order valence-electron chi connectivity index (χ1n) is 8.03. The molecule has 27 heavy (non-hydrogen) atoms. The number of nitrogens with one attached hydrogen (secondary N) is 2. The van der Waals surface area contributed by atoms with Crippen LogP contribution in [-0.4, -0.2) is 48.8 Å². The molecule has 2 aromatic rings. The summed E-state index contributed by atoms with van der Waals surface area (Å²) < 4.78 is 42.8. The van der Waals surface area contributed by atoms with Crippen molar-refractivity contribution in [3.05, 3.63) is 48.0 Å². The Bertz CT molecular complexity index is 881. The van der Waals surface area contributed by atoms with E-state index in [4.69, 9.17) is 14.2 Å². The molecule has 0 aliphatic heterocycles. The Morgan fingerprint density at radius 1 is 1.00 bits per heavy atom. The first-order chi connectivity index (χ1) is 12.9. The highest BCUT2D eigenvalue weighted by Crippen LogP contribution is 2.30. The van der Waals surface area contributed by atoms with Crippen molar-refractivity contribution < 1.29 is 27.4 Å². The van der Waals surface area contributed by atoms with E-state index < -0.39 is 10.0 Å². The second-order valence-electron chi connectivity index (χ2n) is 5.44. The molecule has 8 nitrogen and oxygen atoms in total. The van der Waals surface area contributed by atoms with Crippen molar-refractivity contribution >= 4 is 21.6 Å². The maximum absolute atomic E-state index is 12.6. The molecular weight excluding hydrogens is 372 g/mol. The molecule has 0 radical (unpaired) electrons. The van der Waals surface area contributed by atoms with Crippen molar-refractivity contribution in [1.29, 1.82) is 0 Å². The van der Waals surface area contributed by atoms with Gasteiger partial charge in [0.05, 0.1) is 31.4 Å². The Balaban J connectivity index is 2.16. The maximum atomic E-state index is 12.6. The predicted molar refractivity (Wildman–Crippen MR) is 101 cm³/mol. The minimum atomic E-state index is -3.85. The number of hydrogen-bond donors (Lipinski definition) is 2. The highest BCUT2D eigenvalue weighted by molar-refractivity contribution is 7.92. The van der Waals surface area contributed by atoms with Gasteiger partial charge in [-0.1, -0.05) is 0 Å². The van der Waals surface area contributed by atoms with Crippen LogP contribution in [0.1, 0.15) is 10.4 Å². The van der Waals surface area contributed by atoms with E-state index in [1.165, 1.54) is 45.6 Å². The van der Waals surface area contributed by atoms with Crippen molar-refractivity contribution in [2.45, 2.75) is 4.90 Å². The zero-order valence-corrected chi connectivity index (χ0v) is 16.1. The summed E-state index contributed by atoms with van der Waals surface area (Å²) >= 11 is 0. The third kappa shape index (κ3) is 5.35. The smallest absolute Gasteiger partial charge is 0.262 e. The standard InChI is InChI=1S/C18H22N2O6S/c1-24-11-10-19-18(21)13-4-7-15(8-5-13)27(22,23)20-16-9-6-14(25-2)12-17(16)26-3/h4-9,12,20H,10-11H2,1-3H3,(H,19,21). The predicted octanol–water partition coefficient (Wildman–Crippen LogP) is 1.88. The summed E-state index contributed by atoms with van der Waals surface area (Å²) in [4.78, 5) is 12.0. The Kier molecular flexibility index (Phi) is 7.03. The molecule has 0 atom stereocenters. The van der Waals surface area contributed by atoms with Crippen molar-refractivity contribution in [3.8, 4) is 11.5 Å². The van der Waals surface area contributed by atoms with Gasteiger partial charge >= 0.3 is 0 Å². The molecule has 0 spiro atoms. The second kappa shape index (κ2) is 9.24. The van der Waals surface area contributed by atoms with Gasteiger partial charge in [-0.15, -0.1) is 0 Å². The molecule has 9 heteroatoms. The van der Waals surface area contributed by atoms with Gasteiger partial charge in [-0.3, -0.25) is 9.52 Å². The highest BCUT2D eigenvalue weighted by Gasteiger charge is 2.17. The van der Waals surface area contributed by atoms with Crippen molar-refractivity contribution in [1.82, 2.24) is 5.32 Å². The molecule has 0 aromatic heterocycles. The van der Waals surface area contributed by atoms with Crippen LogP contribution in [0.4, 0.5) is 5.69 Å². The van der Waals surface area contributed by atoms with Gasteiger partial charge < -0.3 is 19.5 Å². The number of sulfonamides is 1. The molecule has 1 amide bonds. The lowest BCUT2D eigenvalue weighted by molar-refractivity contribution is 0.0937. The number of hydrogen-bond acceptors (Lipinski definition) is 6. The van der Waals surface area contributed by atoms with Gasteiger partial charge in [0, 0.05) is 25.3 Å². The van der Waals surface area contributed by atoms with E-state index >= 15 is 0 Å². The molecule has 0 fully saturated rings. The van der Waals surface area contributed by atoms with Crippen molar-refractivity contribution in [2.24, 2.45) is 0 Å². The van der Waals surface area contributed by atoms with Gasteiger partial charge in [0.15, 0.2) is 0 Å². The van der Waals surface area contributed by atoms with E-state index in [9.17, 15) is 13.2 Å². The molecule has 2 rings (SSSR count). The minimum Gasteiger partial charge on any atom is -0.497 e. The molecule has 0 saturated carbocycles. The minimum absolute atomic E-state index is 0.0220. The summed E-state index contributed by atoms with van der Waals surface area (Å²) in [6.45, 7) is 0.764. The Labute approximate surface area is 158 Å². The van der Waals surface area contributed by atoms with Crippen LogP contribution in [0.5, 0.6) is 11.5 Å². The molecule has 0 aliphatic carbocycles. The first kappa shape index (κ1) is 20.5. The summed E-state index contributed by atoms with van der Waals surface area (Å²) in [5, 5.41) is 2.67. The van der Waals surface area contributed by atoms with Crippen molar-refractivity contribution in [2.75, 3.05) is 39.2 Å². The highest BCUT2D eigenvalue weighted by atomic mass is 32.2. The molecule has 0 bridgehead atoms. The number of amides is 1. The number of methoxy groups -OCH3 is 3. The molecule has 146 valence electrons. The van der Waals surface area contributed by atoms with Gasteiger partial charge in [0.2, 0.25) is 0 Å². The number of benzene rings is 2. The largest absolute Gasteiger partial charge is 0.497 e. The zero-order chi connectivity index (χ0) is 19.9. The van der Waals surface area contributed by atoms with E-state index in [1.54, 1.807) is 18.2 Å². The lowest BCUT2D eigenvalue weighted by Crippen LogP contribution is -2.26. The first-order valence-corrected chi connectivity index (χ1v) is 9.51. The van der Waals surface area contributed by atoms with Crippen LogP contribution in [0.2, 0.25) is 0 Å². The van der Waals surface area contributed by atoms with Crippen molar-refractivity contribution in [3.63, 3.8) is 0 Å². The third-order valence-electron chi connectivity index (χ3n) is 3.67. The number of carbonyl (C=O) groups is 1. The van der Waals surface area contributed by atoms with Crippen LogP contribution in [0.15, 0.2) is 47.4 Å². The third-order valence-corrected chi connectivity index (χ3v) is 5.05. The quantitative estimate of drug-likeness (QED) is 0.630. The Morgan fingerprint density at radius 3 is 2.30 bits per heavy atom. The molecule has 0 unspecified atom stereocenters. The molecular formula is C18H22N2O6S. The molecule has 2 aromatic carbocycles. The topological polar surface area (TPSA) is 103 Å². The average Bonchev–Trinajstić information content (AvgIpc) is 2.68. The van der Waals surface area contributed by atoms with Gasteiger partial charge in [-0.25, -0.2) is 8.42 Å². The van der Waals surface area contributed by atoms with E-state index in [0.717, 1.165) is 0 Å². The van der Waals surface area contributed by atoms with Crippen LogP contribution in [0, 0.1) is 0 Å². The van der Waals surface area contributed by atoms with E-state index in [0.29, 0.717) is 30.2 Å². The fourth-order valence-electron chi connectivity index (χ4n) is 2.24. The Morgan fingerprint density at radius 2 is 1.70 bits per heavy atom. The van der Waals surface area contributed by atoms with Crippen LogP contribution in [-0.2, 0) is 14.8 Å². The van der Waals surface area contributed by atoms with Gasteiger partial charge in [0.25, 0.3) is 15.9 Å². The van der Waals surface area contributed by atoms with E-state index in [1.807, 2.05) is 0 Å². The second-order valence-corrected chi connectivity index (χ2v) is 7.13. The van der Waals surface area contributed by atoms with Crippen LogP contribution in [0.25, 0.3) is 0 Å². The van der Waals surface area contributed by atoms with Crippen LogP contribution < -0.4 is 19.5 Å². The number of anilines is 1. The zero-order valence-electron chi connectivity index (χ0n) is 15.3. The molecule has 0 saturated heterocycles. The fraction of sp³-hybridized carbons (Fsp3) is 0.278. The van der Waals surface area contributed by atoms with Gasteiger partial charge in [0.1, 0.15) is 11.5 Å². The summed E-state index contributed by atoms with van der Waals surface area (Å²) in [5.41, 5.74) is 0.631. The van der Waals surface area contributed by atoms with Crippen LogP contribution in [0.3, 0.4) is 0 Å². The fourth-order valence-corrected chi connectivity index (χ4v) is 3.31. The summed E-state index contributed by atoms with van der Waals surface area (Å²) in [6.07, 6.45) is 0. The number of carbonyl (C=O) groups excluding carboxylic acids is 1. The molecule has 0 aliphatic rings. The van der Waals surface area contributed by atoms with E-state index in [-0.39, 0.29) is 16.5 Å². The van der Waals surface area contributed by atoms with Gasteiger partial charge in [-0.2, -0.15) is 0 Å². The molecule has 0 heterocycles. The SMILES string of the molecule is COCCNC(=O)c1ccc(S(=O)(=O)Nc2ccc(OC)cc2OC)cc1. The Hall–Kier alpha value is -2.78. The average molecular weight is 394 g/mol. The maximum Gasteiger partial charge on any atom is 0.262 e. The number of rotatable bonds is 9. The molecule has 2 N–H and O–H groups in total.